The molecule has 1 heterocycles. The van der Waals surface area contributed by atoms with E-state index in [9.17, 15) is 22.8 Å². The quantitative estimate of drug-likeness (QED) is 0.498. The molecule has 0 fully saturated rings. The van der Waals surface area contributed by atoms with Gasteiger partial charge in [-0.15, -0.1) is 13.2 Å². The summed E-state index contributed by atoms with van der Waals surface area (Å²) >= 11 is 0. The zero-order chi connectivity index (χ0) is 24.5. The Hall–Kier alpha value is -4.27. The van der Waals surface area contributed by atoms with E-state index < -0.39 is 23.9 Å². The van der Waals surface area contributed by atoms with Gasteiger partial charge in [-0.25, -0.2) is 4.90 Å². The monoisotopic (exact) mass is 468 g/mol. The number of hydrogen-bond acceptors (Lipinski definition) is 5. The van der Waals surface area contributed by atoms with Crippen molar-refractivity contribution in [1.82, 2.24) is 0 Å². The summed E-state index contributed by atoms with van der Waals surface area (Å²) in [5.41, 5.74) is 2.09. The fourth-order valence-corrected chi connectivity index (χ4v) is 3.59. The summed E-state index contributed by atoms with van der Waals surface area (Å²) in [4.78, 5) is 28.0. The molecule has 0 aromatic heterocycles. The third-order valence-corrected chi connectivity index (χ3v) is 5.18. The number of anilines is 2. The number of rotatable bonds is 6. The van der Waals surface area contributed by atoms with Gasteiger partial charge in [0.05, 0.1) is 18.4 Å². The lowest BCUT2D eigenvalue weighted by atomic mass is 10.0. The van der Waals surface area contributed by atoms with Crippen molar-refractivity contribution in [1.29, 1.82) is 0 Å². The number of aryl methyl sites for hydroxylation is 1. The van der Waals surface area contributed by atoms with Gasteiger partial charge in [0.2, 0.25) is 0 Å². The lowest BCUT2D eigenvalue weighted by Gasteiger charge is -2.17. The predicted octanol–water partition coefficient (Wildman–Crippen LogP) is 5.30. The second kappa shape index (κ2) is 8.93. The molecule has 0 aliphatic carbocycles. The first-order chi connectivity index (χ1) is 16.2. The average Bonchev–Trinajstić information content (AvgIpc) is 3.04. The number of carbonyl (C=O) groups excluding carboxylic acids is 2. The SMILES string of the molecule is COc1ccc(C2=C(Nc3ccc(OC(F)(F)F)cc3)C(=O)N(c3ccccc3C)C2=O)cc1. The number of ether oxygens (including phenoxy) is 2. The van der Waals surface area contributed by atoms with Crippen molar-refractivity contribution < 1.29 is 32.2 Å². The van der Waals surface area contributed by atoms with Crippen LogP contribution in [0.4, 0.5) is 24.5 Å². The molecule has 1 aliphatic rings. The van der Waals surface area contributed by atoms with Gasteiger partial charge in [-0.2, -0.15) is 0 Å². The zero-order valence-electron chi connectivity index (χ0n) is 18.1. The largest absolute Gasteiger partial charge is 0.573 e. The summed E-state index contributed by atoms with van der Waals surface area (Å²) in [6, 6.07) is 18.5. The summed E-state index contributed by atoms with van der Waals surface area (Å²) < 4.78 is 46.4. The van der Waals surface area contributed by atoms with Crippen LogP contribution < -0.4 is 19.7 Å². The molecular formula is C25H19F3N2O4. The van der Waals surface area contributed by atoms with Crippen molar-refractivity contribution in [3.63, 3.8) is 0 Å². The molecule has 3 aromatic rings. The molecule has 1 aliphatic heterocycles. The highest BCUT2D eigenvalue weighted by Crippen LogP contribution is 2.36. The Morgan fingerprint density at radius 3 is 2.03 bits per heavy atom. The maximum Gasteiger partial charge on any atom is 0.573 e. The second-order valence-electron chi connectivity index (χ2n) is 7.41. The van der Waals surface area contributed by atoms with E-state index in [-0.39, 0.29) is 11.3 Å². The maximum absolute atomic E-state index is 13.5. The van der Waals surface area contributed by atoms with Gasteiger partial charge in [-0.3, -0.25) is 9.59 Å². The summed E-state index contributed by atoms with van der Waals surface area (Å²) in [5.74, 6) is -0.936. The van der Waals surface area contributed by atoms with E-state index in [0.717, 1.165) is 22.6 Å². The van der Waals surface area contributed by atoms with Gasteiger partial charge in [-0.1, -0.05) is 30.3 Å². The topological polar surface area (TPSA) is 67.9 Å². The lowest BCUT2D eigenvalue weighted by Crippen LogP contribution is -2.33. The number of carbonyl (C=O) groups is 2. The molecule has 3 aromatic carbocycles. The minimum absolute atomic E-state index is 0.00269. The number of amides is 2. The minimum atomic E-state index is -4.82. The van der Waals surface area contributed by atoms with Gasteiger partial charge in [0, 0.05) is 5.69 Å². The smallest absolute Gasteiger partial charge is 0.497 e. The van der Waals surface area contributed by atoms with E-state index in [1.54, 1.807) is 55.5 Å². The summed E-state index contributed by atoms with van der Waals surface area (Å²) in [5, 5.41) is 2.91. The van der Waals surface area contributed by atoms with Crippen LogP contribution in [0.1, 0.15) is 11.1 Å². The van der Waals surface area contributed by atoms with E-state index in [1.165, 1.54) is 19.2 Å². The molecule has 1 N–H and O–H groups in total. The molecule has 6 nitrogen and oxygen atoms in total. The van der Waals surface area contributed by atoms with Crippen LogP contribution in [0.3, 0.4) is 0 Å². The minimum Gasteiger partial charge on any atom is -0.497 e. The molecule has 0 spiro atoms. The molecule has 0 atom stereocenters. The molecule has 0 saturated carbocycles. The number of para-hydroxylation sites is 1. The summed E-state index contributed by atoms with van der Waals surface area (Å²) in [6.07, 6.45) is -4.82. The van der Waals surface area contributed by atoms with Gasteiger partial charge in [-0.05, 0) is 60.5 Å². The van der Waals surface area contributed by atoms with Crippen LogP contribution >= 0.6 is 0 Å². The molecule has 0 radical (unpaired) electrons. The Labute approximate surface area is 193 Å². The van der Waals surface area contributed by atoms with Crippen LogP contribution in [0.2, 0.25) is 0 Å². The molecule has 0 saturated heterocycles. The fraction of sp³-hybridized carbons (Fsp3) is 0.120. The Kier molecular flexibility index (Phi) is 6.02. The van der Waals surface area contributed by atoms with Crippen molar-refractivity contribution in [2.45, 2.75) is 13.3 Å². The van der Waals surface area contributed by atoms with Gasteiger partial charge in [0.1, 0.15) is 17.2 Å². The predicted molar refractivity (Wildman–Crippen MR) is 120 cm³/mol. The van der Waals surface area contributed by atoms with Crippen LogP contribution in [0.15, 0.2) is 78.5 Å². The fourth-order valence-electron chi connectivity index (χ4n) is 3.59. The number of nitrogens with zero attached hydrogens (tertiary/aromatic N) is 1. The van der Waals surface area contributed by atoms with Crippen LogP contribution in [0.25, 0.3) is 5.57 Å². The normalized spacial score (nSPS) is 14.0. The van der Waals surface area contributed by atoms with Gasteiger partial charge < -0.3 is 14.8 Å². The van der Waals surface area contributed by atoms with Crippen LogP contribution in [0.5, 0.6) is 11.5 Å². The Bertz CT molecular complexity index is 1270. The molecule has 0 unspecified atom stereocenters. The van der Waals surface area contributed by atoms with Crippen LogP contribution in [-0.2, 0) is 9.59 Å². The van der Waals surface area contributed by atoms with Crippen molar-refractivity contribution in [2.24, 2.45) is 0 Å². The standard InChI is InChI=1S/C25H19F3N2O4/c1-15-5-3-4-6-20(15)30-23(31)21(16-7-11-18(33-2)12-8-16)22(24(30)32)29-17-9-13-19(14-10-17)34-25(26,27)28/h3-14,29H,1-2H3. The van der Waals surface area contributed by atoms with Crippen LogP contribution in [0, 0.1) is 6.92 Å². The molecule has 9 heteroatoms. The van der Waals surface area contributed by atoms with Gasteiger partial charge in [0.25, 0.3) is 11.8 Å². The number of methoxy groups -OCH3 is 1. The maximum atomic E-state index is 13.5. The number of nitrogens with one attached hydrogen (secondary N) is 1. The van der Waals surface area contributed by atoms with Crippen molar-refractivity contribution in [3.05, 3.63) is 89.6 Å². The molecule has 174 valence electrons. The Balaban J connectivity index is 1.74. The molecular weight excluding hydrogens is 449 g/mol. The van der Waals surface area contributed by atoms with Crippen molar-refractivity contribution in [2.75, 3.05) is 17.3 Å². The molecule has 34 heavy (non-hydrogen) atoms. The summed E-state index contributed by atoms with van der Waals surface area (Å²) in [6.45, 7) is 1.79. The first-order valence-corrected chi connectivity index (χ1v) is 10.1. The molecule has 4 rings (SSSR count). The lowest BCUT2D eigenvalue weighted by molar-refractivity contribution is -0.274. The van der Waals surface area contributed by atoms with E-state index in [1.807, 2.05) is 0 Å². The summed E-state index contributed by atoms with van der Waals surface area (Å²) in [7, 11) is 1.51. The van der Waals surface area contributed by atoms with E-state index in [0.29, 0.717) is 22.7 Å². The van der Waals surface area contributed by atoms with E-state index in [4.69, 9.17) is 4.74 Å². The highest BCUT2D eigenvalue weighted by atomic mass is 19.4. The third kappa shape index (κ3) is 4.59. The molecule has 2 amide bonds. The average molecular weight is 468 g/mol. The van der Waals surface area contributed by atoms with Crippen molar-refractivity contribution >= 4 is 28.8 Å². The first kappa shape index (κ1) is 22.9. The van der Waals surface area contributed by atoms with Crippen LogP contribution in [-0.4, -0.2) is 25.3 Å². The van der Waals surface area contributed by atoms with Gasteiger partial charge >= 0.3 is 6.36 Å². The Morgan fingerprint density at radius 1 is 0.824 bits per heavy atom. The second-order valence-corrected chi connectivity index (χ2v) is 7.41. The van der Waals surface area contributed by atoms with Gasteiger partial charge in [0.15, 0.2) is 0 Å². The highest BCUT2D eigenvalue weighted by Gasteiger charge is 2.40. The van der Waals surface area contributed by atoms with Crippen molar-refractivity contribution in [3.8, 4) is 11.5 Å². The number of alkyl halides is 3. The zero-order valence-corrected chi connectivity index (χ0v) is 18.1. The van der Waals surface area contributed by atoms with E-state index >= 15 is 0 Å². The number of hydrogen-bond donors (Lipinski definition) is 1. The Morgan fingerprint density at radius 2 is 1.44 bits per heavy atom. The first-order valence-electron chi connectivity index (χ1n) is 10.1. The number of imide groups is 1. The third-order valence-electron chi connectivity index (χ3n) is 5.18. The number of halogens is 3. The highest BCUT2D eigenvalue weighted by molar-refractivity contribution is 6.46. The number of benzene rings is 3. The van der Waals surface area contributed by atoms with E-state index in [2.05, 4.69) is 10.1 Å². The molecule has 0 bridgehead atoms.